The predicted octanol–water partition coefficient (Wildman–Crippen LogP) is 0.285. The minimum Gasteiger partial charge on any atom is -0.352 e. The Morgan fingerprint density at radius 2 is 1.37 bits per heavy atom. The summed E-state index contributed by atoms with van der Waals surface area (Å²) in [6.07, 6.45) is 2.08. The van der Waals surface area contributed by atoms with Crippen molar-refractivity contribution in [2.45, 2.75) is 6.42 Å². The van der Waals surface area contributed by atoms with Gasteiger partial charge in [0.25, 0.3) is 23.6 Å². The molecule has 1 fully saturated rings. The second kappa shape index (κ2) is 11.6. The number of carbonyl (C=O) groups is 5. The lowest BCUT2D eigenvalue weighted by Crippen LogP contribution is -2.47. The van der Waals surface area contributed by atoms with Crippen LogP contribution in [0.25, 0.3) is 6.08 Å². The smallest absolute Gasteiger partial charge is 0.274 e. The highest BCUT2D eigenvalue weighted by Gasteiger charge is 2.25. The van der Waals surface area contributed by atoms with Crippen molar-refractivity contribution >= 4 is 35.6 Å². The first-order valence-electron chi connectivity index (χ1n) is 10.8. The minimum atomic E-state index is -0.667. The van der Waals surface area contributed by atoms with E-state index in [-0.39, 0.29) is 41.4 Å². The standard InChI is InChI=1S/C24H25N5O6/c1-29-19(24(34)27-14-20(29)30)13-15-3-5-16(6-4-15)21(31)25-11-2-12-26-22(32)17-7-9-18(10-8-17)23(33)28-35/h3-10,13,35H,2,11-12,14H2,1H3,(H,25,31)(H,26,32)(H,27,34)(H,28,33)/b19-13-. The molecule has 3 rings (SSSR count). The first-order valence-corrected chi connectivity index (χ1v) is 10.8. The van der Waals surface area contributed by atoms with Crippen molar-refractivity contribution in [2.24, 2.45) is 0 Å². The fourth-order valence-electron chi connectivity index (χ4n) is 3.24. The molecule has 0 spiro atoms. The summed E-state index contributed by atoms with van der Waals surface area (Å²) in [6, 6.07) is 12.4. The molecule has 2 aromatic rings. The molecule has 0 radical (unpaired) electrons. The summed E-state index contributed by atoms with van der Waals surface area (Å²) in [5.74, 6) is -1.83. The molecule has 0 aliphatic carbocycles. The number of likely N-dealkylation sites (N-methyl/N-ethyl adjacent to an activating group) is 1. The van der Waals surface area contributed by atoms with Gasteiger partial charge < -0.3 is 20.9 Å². The van der Waals surface area contributed by atoms with Gasteiger partial charge in [-0.25, -0.2) is 5.48 Å². The van der Waals surface area contributed by atoms with Gasteiger partial charge in [-0.1, -0.05) is 12.1 Å². The molecule has 2 aromatic carbocycles. The third kappa shape index (κ3) is 6.51. The van der Waals surface area contributed by atoms with Crippen LogP contribution in [0.3, 0.4) is 0 Å². The second-order valence-electron chi connectivity index (χ2n) is 7.67. The van der Waals surface area contributed by atoms with Gasteiger partial charge in [0.05, 0.1) is 6.54 Å². The molecule has 0 aromatic heterocycles. The van der Waals surface area contributed by atoms with E-state index in [0.29, 0.717) is 36.2 Å². The summed E-state index contributed by atoms with van der Waals surface area (Å²) in [7, 11) is 1.53. The molecule has 0 unspecified atom stereocenters. The van der Waals surface area contributed by atoms with Crippen LogP contribution in [-0.4, -0.2) is 66.3 Å². The molecule has 0 atom stereocenters. The molecule has 5 N–H and O–H groups in total. The van der Waals surface area contributed by atoms with E-state index >= 15 is 0 Å². The quantitative estimate of drug-likeness (QED) is 0.158. The van der Waals surface area contributed by atoms with Crippen molar-refractivity contribution in [3.8, 4) is 0 Å². The number of amides is 5. The maximum absolute atomic E-state index is 12.3. The Labute approximate surface area is 201 Å². The van der Waals surface area contributed by atoms with Crippen molar-refractivity contribution in [2.75, 3.05) is 26.7 Å². The summed E-state index contributed by atoms with van der Waals surface area (Å²) in [5, 5.41) is 16.6. The van der Waals surface area contributed by atoms with Gasteiger partial charge in [0.15, 0.2) is 0 Å². The van der Waals surface area contributed by atoms with Gasteiger partial charge in [-0.05, 0) is 54.5 Å². The third-order valence-electron chi connectivity index (χ3n) is 5.28. The number of rotatable bonds is 8. The van der Waals surface area contributed by atoms with Crippen molar-refractivity contribution < 1.29 is 29.2 Å². The van der Waals surface area contributed by atoms with Crippen molar-refractivity contribution in [1.82, 2.24) is 26.3 Å². The van der Waals surface area contributed by atoms with Gasteiger partial charge >= 0.3 is 0 Å². The van der Waals surface area contributed by atoms with Crippen LogP contribution in [0.5, 0.6) is 0 Å². The van der Waals surface area contributed by atoms with Gasteiger partial charge in [0.1, 0.15) is 5.70 Å². The molecular weight excluding hydrogens is 454 g/mol. The van der Waals surface area contributed by atoms with Crippen molar-refractivity contribution in [3.63, 3.8) is 0 Å². The van der Waals surface area contributed by atoms with Crippen LogP contribution >= 0.6 is 0 Å². The normalized spacial score (nSPS) is 14.3. The Hall–Kier alpha value is -4.51. The fraction of sp³-hybridized carbons (Fsp3) is 0.208. The van der Waals surface area contributed by atoms with E-state index in [1.54, 1.807) is 30.3 Å². The lowest BCUT2D eigenvalue weighted by atomic mass is 10.1. The van der Waals surface area contributed by atoms with Gasteiger partial charge in [-0.3, -0.25) is 29.2 Å². The molecule has 0 saturated carbocycles. The van der Waals surface area contributed by atoms with E-state index in [9.17, 15) is 24.0 Å². The Morgan fingerprint density at radius 3 is 1.89 bits per heavy atom. The Balaban J connectivity index is 1.43. The first kappa shape index (κ1) is 25.1. The number of piperazine rings is 1. The number of hydrogen-bond acceptors (Lipinski definition) is 6. The average molecular weight is 479 g/mol. The summed E-state index contributed by atoms with van der Waals surface area (Å²) < 4.78 is 0. The van der Waals surface area contributed by atoms with Crippen molar-refractivity contribution in [3.05, 3.63) is 76.5 Å². The Morgan fingerprint density at radius 1 is 0.886 bits per heavy atom. The van der Waals surface area contributed by atoms with Crippen LogP contribution in [0.4, 0.5) is 0 Å². The molecule has 1 saturated heterocycles. The molecule has 1 aliphatic rings. The molecule has 11 heteroatoms. The number of nitrogens with zero attached hydrogens (tertiary/aromatic N) is 1. The van der Waals surface area contributed by atoms with Gasteiger partial charge in [-0.2, -0.15) is 0 Å². The minimum absolute atomic E-state index is 0.0337. The fourth-order valence-corrected chi connectivity index (χ4v) is 3.24. The molecule has 0 bridgehead atoms. The molecule has 11 nitrogen and oxygen atoms in total. The highest BCUT2D eigenvalue weighted by molar-refractivity contribution is 6.06. The number of nitrogens with one attached hydrogen (secondary N) is 4. The topological polar surface area (TPSA) is 157 Å². The Kier molecular flexibility index (Phi) is 8.30. The highest BCUT2D eigenvalue weighted by atomic mass is 16.5. The van der Waals surface area contributed by atoms with Crippen LogP contribution in [0.15, 0.2) is 54.2 Å². The lowest BCUT2D eigenvalue weighted by molar-refractivity contribution is -0.135. The number of hydrogen-bond donors (Lipinski definition) is 5. The van der Waals surface area contributed by atoms with Gasteiger partial charge in [0.2, 0.25) is 5.91 Å². The first-order chi connectivity index (χ1) is 16.8. The van der Waals surface area contributed by atoms with Crippen LogP contribution in [0, 0.1) is 0 Å². The highest BCUT2D eigenvalue weighted by Crippen LogP contribution is 2.14. The van der Waals surface area contributed by atoms with Crippen LogP contribution < -0.4 is 21.4 Å². The largest absolute Gasteiger partial charge is 0.352 e. The van der Waals surface area contributed by atoms with E-state index < -0.39 is 5.91 Å². The monoisotopic (exact) mass is 479 g/mol. The maximum atomic E-state index is 12.3. The summed E-state index contributed by atoms with van der Waals surface area (Å²) in [4.78, 5) is 60.8. The van der Waals surface area contributed by atoms with Crippen LogP contribution in [-0.2, 0) is 9.59 Å². The van der Waals surface area contributed by atoms with E-state index in [2.05, 4.69) is 16.0 Å². The van der Waals surface area contributed by atoms with E-state index in [1.807, 2.05) is 0 Å². The average Bonchev–Trinajstić information content (AvgIpc) is 2.88. The third-order valence-corrected chi connectivity index (χ3v) is 5.28. The summed E-state index contributed by atoms with van der Waals surface area (Å²) in [5.41, 5.74) is 3.43. The predicted molar refractivity (Wildman–Crippen MR) is 125 cm³/mol. The zero-order chi connectivity index (χ0) is 25.4. The maximum Gasteiger partial charge on any atom is 0.274 e. The second-order valence-corrected chi connectivity index (χ2v) is 7.67. The van der Waals surface area contributed by atoms with E-state index in [1.165, 1.54) is 41.7 Å². The summed E-state index contributed by atoms with van der Waals surface area (Å²) >= 11 is 0. The van der Waals surface area contributed by atoms with Crippen molar-refractivity contribution in [1.29, 1.82) is 0 Å². The zero-order valence-electron chi connectivity index (χ0n) is 19.0. The molecule has 1 aliphatic heterocycles. The Bertz CT molecular complexity index is 1160. The van der Waals surface area contributed by atoms with Crippen LogP contribution in [0.1, 0.15) is 43.1 Å². The molecule has 35 heavy (non-hydrogen) atoms. The van der Waals surface area contributed by atoms with Gasteiger partial charge in [-0.15, -0.1) is 0 Å². The van der Waals surface area contributed by atoms with Gasteiger partial charge in [0, 0.05) is 36.8 Å². The number of carbonyl (C=O) groups excluding carboxylic acids is 5. The van der Waals surface area contributed by atoms with E-state index in [0.717, 1.165) is 0 Å². The van der Waals surface area contributed by atoms with E-state index in [4.69, 9.17) is 5.21 Å². The molecular formula is C24H25N5O6. The molecule has 182 valence electrons. The number of hydroxylamine groups is 1. The lowest BCUT2D eigenvalue weighted by Gasteiger charge is -2.25. The summed E-state index contributed by atoms with van der Waals surface area (Å²) in [6.45, 7) is 0.639. The van der Waals surface area contributed by atoms with Crippen LogP contribution in [0.2, 0.25) is 0 Å². The molecule has 1 heterocycles. The number of benzene rings is 2. The zero-order valence-corrected chi connectivity index (χ0v) is 19.0. The molecule has 5 amide bonds. The SMILES string of the molecule is CN1C(=O)CNC(=O)/C1=C/c1ccc(C(=O)NCCCNC(=O)c2ccc(C(=O)NO)cc2)cc1.